The highest BCUT2D eigenvalue weighted by Crippen LogP contribution is 2.41. The van der Waals surface area contributed by atoms with Crippen LogP contribution in [-0.2, 0) is 15.7 Å². The predicted molar refractivity (Wildman–Crippen MR) is 473 cm³/mol. The van der Waals surface area contributed by atoms with Crippen molar-refractivity contribution in [2.75, 3.05) is 34.5 Å². The lowest BCUT2D eigenvalue weighted by molar-refractivity contribution is -0.137. The summed E-state index contributed by atoms with van der Waals surface area (Å²) in [7, 11) is 4.50. The number of halogens is 4. The molecule has 0 bridgehead atoms. The maximum atomic E-state index is 13.2. The van der Waals surface area contributed by atoms with Crippen molar-refractivity contribution in [1.29, 1.82) is 0 Å². The van der Waals surface area contributed by atoms with Crippen molar-refractivity contribution in [1.82, 2.24) is 59.8 Å². The number of aromatic nitrogens is 12. The number of esters is 2. The second kappa shape index (κ2) is 40.5. The van der Waals surface area contributed by atoms with E-state index in [-0.39, 0.29) is 138 Å². The van der Waals surface area contributed by atoms with Gasteiger partial charge in [-0.2, -0.15) is 13.2 Å². The van der Waals surface area contributed by atoms with E-state index in [1.54, 1.807) is 201 Å². The van der Waals surface area contributed by atoms with Crippen molar-refractivity contribution in [3.63, 3.8) is 0 Å². The van der Waals surface area contributed by atoms with E-state index >= 15 is 0 Å². The minimum Gasteiger partial charge on any atom is -0.507 e. The third-order valence-electron chi connectivity index (χ3n) is 19.0. The Hall–Kier alpha value is -17.0. The highest BCUT2D eigenvalue weighted by molar-refractivity contribution is 6.34. The second-order valence-corrected chi connectivity index (χ2v) is 28.0. The zero-order valence-corrected chi connectivity index (χ0v) is 69.6. The maximum absolute atomic E-state index is 13.2. The monoisotopic (exact) mass is 1760 g/mol. The van der Waals surface area contributed by atoms with Crippen LogP contribution in [0.4, 0.5) is 13.2 Å². The zero-order chi connectivity index (χ0) is 91.6. The Kier molecular flexibility index (Phi) is 28.2. The van der Waals surface area contributed by atoms with Crippen LogP contribution in [0.1, 0.15) is 56.9 Å². The summed E-state index contributed by atoms with van der Waals surface area (Å²) < 4.78 is 65.1. The molecule has 0 unspecified atom stereocenters. The molecular formula is C96H75ClF3N13O16. The van der Waals surface area contributed by atoms with Crippen LogP contribution in [0.5, 0.6) is 63.2 Å². The minimum atomic E-state index is -4.52. The molecule has 0 saturated carbocycles. The first kappa shape index (κ1) is 89.7. The lowest BCUT2D eigenvalue weighted by atomic mass is 10.1. The number of carbonyl (C=O) groups is 3. The van der Waals surface area contributed by atoms with Gasteiger partial charge in [-0.15, -0.1) is 0 Å². The third-order valence-corrected chi connectivity index (χ3v) is 19.3. The van der Waals surface area contributed by atoms with Crippen molar-refractivity contribution < 1.29 is 92.1 Å². The molecule has 0 aliphatic heterocycles. The Morgan fingerprint density at radius 2 is 0.612 bits per heavy atom. The standard InChI is InChI=1S/C26H22ClN3O5.C25H21N3O5.C23H18N4O4.C22H14F3N3O2/c1-3-12-35-26(33)17-10-8-15(13-20(17)27)23-28-24(18-6-4-5-7-21(18)31)30-25(29-23)19-11-9-16(34-2)14-22(19)32;1-3-33-25(31)16-10-8-15(9-11-16)22-26-23(18-6-4-5-7-20(18)29)28-24(27-22)19-13-12-17(32-2)14-21(19)30;1-31-15-10-11-17(19(29)12-15)23-26-21(14-8-6-13(7-9-14)20(24)30)25-22(27-23)16-4-2-3-5-18(16)28;23-22(24,25)14-7-5-6-13(12-14)19-26-20(15-8-1-3-10-17(15)29)28-21(27-19)16-9-2-4-11-18(16)30/h4-11,13-14,31-32H,3,12H2,1-2H3;4-14,29-30H,3H2,1-2H3;2-12,28-29H,1H3,(H2,24,30);1-12,29-30H. The van der Waals surface area contributed by atoms with E-state index in [2.05, 4.69) is 59.8 Å². The first-order chi connectivity index (χ1) is 62.2. The van der Waals surface area contributed by atoms with E-state index in [0.29, 0.717) is 103 Å². The number of hydrogen-bond donors (Lipinski definition) is 9. The van der Waals surface area contributed by atoms with Crippen molar-refractivity contribution in [3.05, 3.63) is 294 Å². The number of phenolic OH excluding ortho intramolecular Hbond substituents is 8. The molecule has 4 heterocycles. The lowest BCUT2D eigenvalue weighted by Crippen LogP contribution is -2.10. The summed E-state index contributed by atoms with van der Waals surface area (Å²) in [6.45, 7) is 4.22. The first-order valence-electron chi connectivity index (χ1n) is 39.1. The molecule has 1 amide bonds. The molecule has 0 aliphatic rings. The number of nitrogens with zero attached hydrogens (tertiary/aromatic N) is 12. The molecule has 10 N–H and O–H groups in total. The molecule has 129 heavy (non-hydrogen) atoms. The number of nitrogens with two attached hydrogens (primary N) is 1. The van der Waals surface area contributed by atoms with Gasteiger partial charge in [0.1, 0.15) is 63.2 Å². The van der Waals surface area contributed by atoms with Crippen molar-refractivity contribution in [2.45, 2.75) is 26.4 Å². The van der Waals surface area contributed by atoms with E-state index in [1.807, 2.05) is 6.92 Å². The summed E-state index contributed by atoms with van der Waals surface area (Å²) in [4.78, 5) is 89.1. The molecule has 0 radical (unpaired) electrons. The predicted octanol–water partition coefficient (Wildman–Crippen LogP) is 18.7. The van der Waals surface area contributed by atoms with Crippen LogP contribution in [0.2, 0.25) is 5.02 Å². The van der Waals surface area contributed by atoms with E-state index < -0.39 is 29.6 Å². The highest BCUT2D eigenvalue weighted by Gasteiger charge is 2.32. The average molecular weight is 1760 g/mol. The summed E-state index contributed by atoms with van der Waals surface area (Å²) in [5.41, 5.74) is 10.2. The fourth-order valence-corrected chi connectivity index (χ4v) is 12.7. The molecule has 0 saturated heterocycles. The number of primary amides is 1. The fraction of sp³-hybridized carbons (Fsp3) is 0.0938. The number of alkyl halides is 3. The molecule has 0 fully saturated rings. The number of ether oxygens (including phenoxy) is 5. The van der Waals surface area contributed by atoms with Gasteiger partial charge >= 0.3 is 18.1 Å². The molecule has 648 valence electrons. The van der Waals surface area contributed by atoms with Gasteiger partial charge in [-0.1, -0.05) is 122 Å². The Labute approximate surface area is 738 Å². The van der Waals surface area contributed by atoms with Crippen molar-refractivity contribution in [3.8, 4) is 200 Å². The van der Waals surface area contributed by atoms with Crippen molar-refractivity contribution >= 4 is 29.4 Å². The number of aromatic hydroxyl groups is 8. The average Bonchev–Trinajstić information content (AvgIpc) is 0.796. The summed E-state index contributed by atoms with van der Waals surface area (Å²) >= 11 is 6.38. The van der Waals surface area contributed by atoms with Gasteiger partial charge in [0, 0.05) is 46.0 Å². The summed E-state index contributed by atoms with van der Waals surface area (Å²) in [6.07, 6.45) is -3.83. The van der Waals surface area contributed by atoms with Crippen LogP contribution in [0.25, 0.3) is 137 Å². The van der Waals surface area contributed by atoms with Gasteiger partial charge in [-0.25, -0.2) is 69.4 Å². The normalized spacial score (nSPS) is 10.8. The Bertz CT molecular complexity index is 6760. The molecule has 0 aliphatic carbocycles. The lowest BCUT2D eigenvalue weighted by Gasteiger charge is -2.11. The topological polar surface area (TPSA) is 440 Å². The number of rotatable bonds is 21. The molecule has 0 atom stereocenters. The number of methoxy groups -OCH3 is 3. The van der Waals surface area contributed by atoms with E-state index in [9.17, 15) is 68.4 Å². The largest absolute Gasteiger partial charge is 0.507 e. The number of benzene rings is 12. The summed E-state index contributed by atoms with van der Waals surface area (Å²) in [5.74, 6) is 1.78. The van der Waals surface area contributed by atoms with Gasteiger partial charge in [0.05, 0.1) is 101 Å². The molecule has 16 aromatic rings. The van der Waals surface area contributed by atoms with Gasteiger partial charge in [-0.05, 0) is 159 Å². The molecule has 29 nitrogen and oxygen atoms in total. The van der Waals surface area contributed by atoms with Gasteiger partial charge < -0.3 is 70.3 Å². The smallest absolute Gasteiger partial charge is 0.416 e. The third kappa shape index (κ3) is 21.6. The molecular weight excluding hydrogens is 1680 g/mol. The van der Waals surface area contributed by atoms with E-state index in [1.165, 1.54) is 82.0 Å². The highest BCUT2D eigenvalue weighted by atomic mass is 35.5. The maximum Gasteiger partial charge on any atom is 0.416 e. The first-order valence-corrected chi connectivity index (χ1v) is 39.5. The number of amides is 1. The molecule has 16 rings (SSSR count). The quantitative estimate of drug-likeness (QED) is 0.0302. The van der Waals surface area contributed by atoms with Gasteiger partial charge in [0.25, 0.3) is 0 Å². The molecule has 4 aromatic heterocycles. The second-order valence-electron chi connectivity index (χ2n) is 27.6. The Morgan fingerprint density at radius 3 is 0.899 bits per heavy atom. The minimum absolute atomic E-state index is 0.00799. The molecule has 0 spiro atoms. The molecule has 33 heteroatoms. The number of hydrogen-bond acceptors (Lipinski definition) is 28. The van der Waals surface area contributed by atoms with Gasteiger partial charge in [0.15, 0.2) is 69.9 Å². The van der Waals surface area contributed by atoms with Crippen LogP contribution >= 0.6 is 11.6 Å². The number of para-hydroxylation sites is 5. The number of phenols is 8. The van der Waals surface area contributed by atoms with E-state index in [0.717, 1.165) is 12.1 Å². The van der Waals surface area contributed by atoms with Crippen LogP contribution < -0.4 is 19.9 Å². The van der Waals surface area contributed by atoms with Gasteiger partial charge in [0.2, 0.25) is 5.91 Å². The van der Waals surface area contributed by atoms with E-state index in [4.69, 9.17) is 41.0 Å². The summed E-state index contributed by atoms with van der Waals surface area (Å²) in [5, 5.41) is 83.1. The number of carbonyl (C=O) groups excluding carboxylic acids is 3. The van der Waals surface area contributed by atoms with Gasteiger partial charge in [-0.3, -0.25) is 4.79 Å². The van der Waals surface area contributed by atoms with Crippen molar-refractivity contribution in [2.24, 2.45) is 5.73 Å². The van der Waals surface area contributed by atoms with Crippen LogP contribution in [0.3, 0.4) is 0 Å². The molecule has 12 aromatic carbocycles. The van der Waals surface area contributed by atoms with Crippen LogP contribution in [0, 0.1) is 0 Å². The zero-order valence-electron chi connectivity index (χ0n) is 68.8. The Morgan fingerprint density at radius 1 is 0.318 bits per heavy atom. The van der Waals surface area contributed by atoms with Crippen LogP contribution in [-0.4, -0.2) is 153 Å². The van der Waals surface area contributed by atoms with Crippen LogP contribution in [0.15, 0.2) is 267 Å². The Balaban J connectivity index is 0.000000147. The fourth-order valence-electron chi connectivity index (χ4n) is 12.5. The SMILES string of the molecule is CCCOC(=O)c1ccc(-c2nc(-c3ccccc3O)nc(-c3ccc(OC)cc3O)n2)cc1Cl.CCOC(=O)c1ccc(-c2nc(-c3ccccc3O)nc(-c3ccc(OC)cc3O)n2)cc1.COc1ccc(-c2nc(-c3ccc(C(N)=O)cc3)nc(-c3ccccc3O)n2)c(O)c1.Oc1ccccc1-c1nc(-c2cccc(C(F)(F)F)c2)nc(-c2ccccc2O)n1. The summed E-state index contributed by atoms with van der Waals surface area (Å²) in [6, 6.07) is 69.5.